The second kappa shape index (κ2) is 8.17. The topological polar surface area (TPSA) is 63.2 Å². The average molecular weight is 313 g/mol. The van der Waals surface area contributed by atoms with Gasteiger partial charge in [0, 0.05) is 12.7 Å². The molecule has 0 spiro atoms. The molecule has 122 valence electrons. The third kappa shape index (κ3) is 4.71. The minimum atomic E-state index is -0.106. The largest absolute Gasteiger partial charge is 0.495 e. The van der Waals surface area contributed by atoms with Crippen LogP contribution in [0.4, 0.5) is 11.4 Å². The number of anilines is 2. The summed E-state index contributed by atoms with van der Waals surface area (Å²) >= 11 is 0. The Balaban J connectivity index is 2.14. The molecule has 0 aliphatic heterocycles. The van der Waals surface area contributed by atoms with Crippen LogP contribution < -0.4 is 15.4 Å². The number of hydrogen-bond acceptors (Lipinski definition) is 4. The number of aryl methyl sites for hydroxylation is 1. The zero-order valence-electron chi connectivity index (χ0n) is 13.8. The molecule has 0 unspecified atom stereocenters. The Labute approximate surface area is 137 Å². The fraction of sp³-hybridized carbons (Fsp3) is 0.333. The number of aromatic nitrogens is 1. The van der Waals surface area contributed by atoms with E-state index in [0.29, 0.717) is 12.1 Å². The number of benzene rings is 1. The molecule has 0 fully saturated rings. The first-order valence-corrected chi connectivity index (χ1v) is 7.79. The highest BCUT2D eigenvalue weighted by Crippen LogP contribution is 2.28. The number of methoxy groups -OCH3 is 1. The molecule has 1 amide bonds. The van der Waals surface area contributed by atoms with Crippen molar-refractivity contribution in [2.45, 2.75) is 26.7 Å². The number of ether oxygens (including phenoxy) is 1. The molecule has 0 atom stereocenters. The molecular formula is C18H23N3O2. The van der Waals surface area contributed by atoms with Gasteiger partial charge in [-0.3, -0.25) is 9.78 Å². The van der Waals surface area contributed by atoms with Crippen molar-refractivity contribution in [3.63, 3.8) is 0 Å². The molecule has 2 N–H and O–H groups in total. The molecule has 5 nitrogen and oxygen atoms in total. The van der Waals surface area contributed by atoms with Crippen LogP contribution in [0.1, 0.15) is 35.7 Å². The SMILES string of the molecule is CCCCNC(=O)c1cncc(Nc2cc(C)ccc2OC)c1. The molecule has 1 heterocycles. The highest BCUT2D eigenvalue weighted by molar-refractivity contribution is 5.94. The lowest BCUT2D eigenvalue weighted by Crippen LogP contribution is -2.24. The number of nitrogens with one attached hydrogen (secondary N) is 2. The zero-order chi connectivity index (χ0) is 16.7. The van der Waals surface area contributed by atoms with E-state index in [2.05, 4.69) is 22.5 Å². The lowest BCUT2D eigenvalue weighted by atomic mass is 10.2. The Hall–Kier alpha value is -2.56. The maximum atomic E-state index is 12.1. The Morgan fingerprint density at radius 2 is 2.09 bits per heavy atom. The molecule has 2 rings (SSSR count). The van der Waals surface area contributed by atoms with E-state index in [1.165, 1.54) is 0 Å². The summed E-state index contributed by atoms with van der Waals surface area (Å²) in [6.07, 6.45) is 5.27. The van der Waals surface area contributed by atoms with Crippen LogP contribution in [-0.4, -0.2) is 24.5 Å². The third-order valence-electron chi connectivity index (χ3n) is 3.45. The maximum absolute atomic E-state index is 12.1. The molecule has 0 aliphatic carbocycles. The van der Waals surface area contributed by atoms with Crippen LogP contribution in [0.15, 0.2) is 36.7 Å². The van der Waals surface area contributed by atoms with Crippen molar-refractivity contribution in [3.8, 4) is 5.75 Å². The van der Waals surface area contributed by atoms with E-state index in [1.807, 2.05) is 25.1 Å². The molecule has 0 bridgehead atoms. The Kier molecular flexibility index (Phi) is 5.97. The number of rotatable bonds is 7. The van der Waals surface area contributed by atoms with Crippen molar-refractivity contribution in [2.75, 3.05) is 19.0 Å². The number of carbonyl (C=O) groups is 1. The highest BCUT2D eigenvalue weighted by Gasteiger charge is 2.08. The van der Waals surface area contributed by atoms with Crippen molar-refractivity contribution in [1.29, 1.82) is 0 Å². The van der Waals surface area contributed by atoms with E-state index in [-0.39, 0.29) is 5.91 Å². The monoisotopic (exact) mass is 313 g/mol. The van der Waals surface area contributed by atoms with Crippen molar-refractivity contribution in [1.82, 2.24) is 10.3 Å². The first-order valence-electron chi connectivity index (χ1n) is 7.79. The number of unbranched alkanes of at least 4 members (excludes halogenated alkanes) is 1. The fourth-order valence-corrected chi connectivity index (χ4v) is 2.19. The van der Waals surface area contributed by atoms with E-state index in [0.717, 1.165) is 35.5 Å². The van der Waals surface area contributed by atoms with Gasteiger partial charge in [0.05, 0.1) is 30.2 Å². The predicted molar refractivity (Wildman–Crippen MR) is 92.5 cm³/mol. The molecule has 0 saturated carbocycles. The average Bonchev–Trinajstić information content (AvgIpc) is 2.55. The van der Waals surface area contributed by atoms with Crippen molar-refractivity contribution >= 4 is 17.3 Å². The van der Waals surface area contributed by atoms with E-state index in [1.54, 1.807) is 25.6 Å². The van der Waals surface area contributed by atoms with Crippen LogP contribution in [-0.2, 0) is 0 Å². The number of pyridine rings is 1. The number of amides is 1. The highest BCUT2D eigenvalue weighted by atomic mass is 16.5. The lowest BCUT2D eigenvalue weighted by Gasteiger charge is -2.12. The van der Waals surface area contributed by atoms with Gasteiger partial charge in [0.15, 0.2) is 0 Å². The summed E-state index contributed by atoms with van der Waals surface area (Å²) in [5, 5.41) is 6.15. The molecule has 1 aromatic heterocycles. The Morgan fingerprint density at radius 3 is 2.83 bits per heavy atom. The number of hydrogen-bond donors (Lipinski definition) is 2. The van der Waals surface area contributed by atoms with Gasteiger partial charge in [-0.1, -0.05) is 19.4 Å². The normalized spacial score (nSPS) is 10.2. The molecule has 23 heavy (non-hydrogen) atoms. The molecule has 5 heteroatoms. The smallest absolute Gasteiger partial charge is 0.252 e. The minimum absolute atomic E-state index is 0.106. The molecule has 0 saturated heterocycles. The standard InChI is InChI=1S/C18H23N3O2/c1-4-5-8-20-18(22)14-10-15(12-19-11-14)21-16-9-13(2)6-7-17(16)23-3/h6-7,9-12,21H,4-5,8H2,1-3H3,(H,20,22). The summed E-state index contributed by atoms with van der Waals surface area (Å²) in [7, 11) is 1.63. The lowest BCUT2D eigenvalue weighted by molar-refractivity contribution is 0.0953. The minimum Gasteiger partial charge on any atom is -0.495 e. The maximum Gasteiger partial charge on any atom is 0.252 e. The molecule has 0 radical (unpaired) electrons. The van der Waals surface area contributed by atoms with Crippen molar-refractivity contribution < 1.29 is 9.53 Å². The van der Waals surface area contributed by atoms with Gasteiger partial charge in [0.2, 0.25) is 0 Å². The number of carbonyl (C=O) groups excluding carboxylic acids is 1. The molecule has 1 aromatic carbocycles. The Bertz CT molecular complexity index is 671. The van der Waals surface area contributed by atoms with E-state index in [4.69, 9.17) is 4.74 Å². The fourth-order valence-electron chi connectivity index (χ4n) is 2.19. The van der Waals surface area contributed by atoms with Crippen LogP contribution in [0.3, 0.4) is 0 Å². The van der Waals surface area contributed by atoms with Gasteiger partial charge >= 0.3 is 0 Å². The summed E-state index contributed by atoms with van der Waals surface area (Å²) in [6, 6.07) is 7.68. The van der Waals surface area contributed by atoms with Crippen molar-refractivity contribution in [2.24, 2.45) is 0 Å². The van der Waals surface area contributed by atoms with Gasteiger partial charge in [-0.2, -0.15) is 0 Å². The second-order valence-electron chi connectivity index (χ2n) is 5.40. The molecule has 0 aliphatic rings. The molecular weight excluding hydrogens is 290 g/mol. The Morgan fingerprint density at radius 1 is 1.26 bits per heavy atom. The van der Waals surface area contributed by atoms with Crippen LogP contribution in [0, 0.1) is 6.92 Å². The first kappa shape index (κ1) is 16.8. The van der Waals surface area contributed by atoms with Crippen LogP contribution in [0.25, 0.3) is 0 Å². The second-order valence-corrected chi connectivity index (χ2v) is 5.40. The summed E-state index contributed by atoms with van der Waals surface area (Å²) < 4.78 is 5.35. The van der Waals surface area contributed by atoms with E-state index < -0.39 is 0 Å². The third-order valence-corrected chi connectivity index (χ3v) is 3.45. The van der Waals surface area contributed by atoms with Crippen LogP contribution in [0.2, 0.25) is 0 Å². The van der Waals surface area contributed by atoms with Crippen LogP contribution >= 0.6 is 0 Å². The zero-order valence-corrected chi connectivity index (χ0v) is 13.8. The van der Waals surface area contributed by atoms with Gasteiger partial charge in [-0.15, -0.1) is 0 Å². The quantitative estimate of drug-likeness (QED) is 0.766. The van der Waals surface area contributed by atoms with Gasteiger partial charge in [0.1, 0.15) is 5.75 Å². The number of nitrogens with zero attached hydrogens (tertiary/aromatic N) is 1. The van der Waals surface area contributed by atoms with Gasteiger partial charge in [-0.25, -0.2) is 0 Å². The summed E-state index contributed by atoms with van der Waals surface area (Å²) in [4.78, 5) is 16.2. The first-order chi connectivity index (χ1) is 11.1. The molecule has 2 aromatic rings. The van der Waals surface area contributed by atoms with Crippen LogP contribution in [0.5, 0.6) is 5.75 Å². The van der Waals surface area contributed by atoms with E-state index >= 15 is 0 Å². The summed E-state index contributed by atoms with van der Waals surface area (Å²) in [5.41, 5.74) is 3.25. The van der Waals surface area contributed by atoms with Gasteiger partial charge in [-0.05, 0) is 37.1 Å². The predicted octanol–water partition coefficient (Wildman–Crippen LogP) is 3.67. The summed E-state index contributed by atoms with van der Waals surface area (Å²) in [5.74, 6) is 0.638. The van der Waals surface area contributed by atoms with Gasteiger partial charge < -0.3 is 15.4 Å². The van der Waals surface area contributed by atoms with E-state index in [9.17, 15) is 4.79 Å². The van der Waals surface area contributed by atoms with Crippen molar-refractivity contribution in [3.05, 3.63) is 47.8 Å². The summed E-state index contributed by atoms with van der Waals surface area (Å²) in [6.45, 7) is 4.78. The van der Waals surface area contributed by atoms with Gasteiger partial charge in [0.25, 0.3) is 5.91 Å².